The van der Waals surface area contributed by atoms with Crippen molar-refractivity contribution in [1.82, 2.24) is 0 Å². The van der Waals surface area contributed by atoms with Gasteiger partial charge in [-0.05, 0) is 63.1 Å². The number of esters is 2. The number of rotatable bonds is 6. The van der Waals surface area contributed by atoms with Gasteiger partial charge in [-0.15, -0.1) is 0 Å². The van der Waals surface area contributed by atoms with Crippen molar-refractivity contribution in [2.75, 3.05) is 0 Å². The normalized spacial score (nSPS) is 11.6. The van der Waals surface area contributed by atoms with E-state index in [1.807, 2.05) is 52.0 Å². The van der Waals surface area contributed by atoms with Gasteiger partial charge in [-0.1, -0.05) is 38.1 Å². The largest absolute Gasteiger partial charge is 0.459 e. The van der Waals surface area contributed by atoms with Gasteiger partial charge in [0.15, 0.2) is 0 Å². The van der Waals surface area contributed by atoms with Gasteiger partial charge in [0.05, 0.1) is 23.3 Å². The topological polar surface area (TPSA) is 52.6 Å². The molecule has 0 aliphatic rings. The summed E-state index contributed by atoms with van der Waals surface area (Å²) in [7, 11) is 0. The molecule has 0 bridgehead atoms. The Hall–Kier alpha value is -2.62. The van der Waals surface area contributed by atoms with Crippen LogP contribution in [0.4, 0.5) is 0 Å². The Balaban J connectivity index is 2.20. The molecule has 0 N–H and O–H groups in total. The quantitative estimate of drug-likeness (QED) is 0.662. The Kier molecular flexibility index (Phi) is 6.42. The standard InChI is InChI=1S/C23H28O4/c1-15(2)26-21(24)17-7-11-19(12-8-17)23(5,6)20-13-9-18(10-14-20)22(25)27-16(3)4/h7-16H,1-6H3. The van der Waals surface area contributed by atoms with Crippen LogP contribution < -0.4 is 0 Å². The Morgan fingerprint density at radius 1 is 0.667 bits per heavy atom. The fourth-order valence-corrected chi connectivity index (χ4v) is 2.78. The van der Waals surface area contributed by atoms with Crippen LogP contribution >= 0.6 is 0 Å². The van der Waals surface area contributed by atoms with Crippen LogP contribution in [0.3, 0.4) is 0 Å². The van der Waals surface area contributed by atoms with E-state index in [9.17, 15) is 9.59 Å². The predicted octanol–water partition coefficient (Wildman–Crippen LogP) is 5.14. The molecular weight excluding hydrogens is 340 g/mol. The van der Waals surface area contributed by atoms with Crippen LogP contribution in [0.2, 0.25) is 0 Å². The molecule has 0 fully saturated rings. The van der Waals surface area contributed by atoms with Gasteiger partial charge in [-0.3, -0.25) is 0 Å². The summed E-state index contributed by atoms with van der Waals surface area (Å²) in [5.41, 5.74) is 2.94. The molecule has 2 aromatic rings. The average Bonchev–Trinajstić information content (AvgIpc) is 2.60. The van der Waals surface area contributed by atoms with Gasteiger partial charge in [-0.2, -0.15) is 0 Å². The minimum atomic E-state index is -0.317. The first-order valence-electron chi connectivity index (χ1n) is 9.24. The highest BCUT2D eigenvalue weighted by Gasteiger charge is 2.24. The highest BCUT2D eigenvalue weighted by atomic mass is 16.5. The van der Waals surface area contributed by atoms with Gasteiger partial charge in [0.2, 0.25) is 0 Å². The van der Waals surface area contributed by atoms with E-state index in [1.165, 1.54) is 0 Å². The van der Waals surface area contributed by atoms with E-state index < -0.39 is 0 Å². The third-order valence-corrected chi connectivity index (χ3v) is 4.37. The van der Waals surface area contributed by atoms with E-state index in [1.54, 1.807) is 24.3 Å². The van der Waals surface area contributed by atoms with Crippen molar-refractivity contribution in [1.29, 1.82) is 0 Å². The molecular formula is C23H28O4. The highest BCUT2D eigenvalue weighted by Crippen LogP contribution is 2.32. The lowest BCUT2D eigenvalue weighted by molar-refractivity contribution is 0.0367. The minimum absolute atomic E-state index is 0.144. The van der Waals surface area contributed by atoms with Crippen LogP contribution in [0.1, 0.15) is 73.4 Å². The summed E-state index contributed by atoms with van der Waals surface area (Å²) in [4.78, 5) is 24.0. The fraction of sp³-hybridized carbons (Fsp3) is 0.391. The molecule has 4 heteroatoms. The minimum Gasteiger partial charge on any atom is -0.459 e. The molecule has 0 heterocycles. The van der Waals surface area contributed by atoms with Gasteiger partial charge in [-0.25, -0.2) is 9.59 Å². The maximum atomic E-state index is 12.0. The van der Waals surface area contributed by atoms with E-state index in [0.717, 1.165) is 11.1 Å². The molecule has 0 radical (unpaired) electrons. The molecule has 0 spiro atoms. The Labute approximate surface area is 161 Å². The fourth-order valence-electron chi connectivity index (χ4n) is 2.78. The summed E-state index contributed by atoms with van der Waals surface area (Å²) in [6.45, 7) is 11.5. The lowest BCUT2D eigenvalue weighted by Crippen LogP contribution is -2.20. The molecule has 0 saturated carbocycles. The summed E-state index contributed by atoms with van der Waals surface area (Å²) in [5.74, 6) is -0.634. The SMILES string of the molecule is CC(C)OC(=O)c1ccc(C(C)(C)c2ccc(C(=O)OC(C)C)cc2)cc1. The number of benzene rings is 2. The van der Waals surface area contributed by atoms with Gasteiger partial charge in [0.1, 0.15) is 0 Å². The second kappa shape index (κ2) is 8.38. The van der Waals surface area contributed by atoms with Crippen molar-refractivity contribution >= 4 is 11.9 Å². The zero-order valence-corrected chi connectivity index (χ0v) is 16.9. The Morgan fingerprint density at radius 3 is 1.22 bits per heavy atom. The van der Waals surface area contributed by atoms with Gasteiger partial charge in [0, 0.05) is 5.41 Å². The highest BCUT2D eigenvalue weighted by molar-refractivity contribution is 5.90. The number of hydrogen-bond acceptors (Lipinski definition) is 4. The summed E-state index contributed by atoms with van der Waals surface area (Å²) in [6, 6.07) is 14.9. The van der Waals surface area contributed by atoms with E-state index in [4.69, 9.17) is 9.47 Å². The van der Waals surface area contributed by atoms with Crippen molar-refractivity contribution in [3.05, 3.63) is 70.8 Å². The summed E-state index contributed by atoms with van der Waals surface area (Å²) >= 11 is 0. The van der Waals surface area contributed by atoms with Crippen molar-refractivity contribution < 1.29 is 19.1 Å². The number of carbonyl (C=O) groups excluding carboxylic acids is 2. The predicted molar refractivity (Wildman–Crippen MR) is 106 cm³/mol. The zero-order valence-electron chi connectivity index (χ0n) is 16.9. The summed E-state index contributed by atoms with van der Waals surface area (Å²) in [6.07, 6.45) is -0.288. The van der Waals surface area contributed by atoms with Gasteiger partial charge in [0.25, 0.3) is 0 Å². The molecule has 27 heavy (non-hydrogen) atoms. The third kappa shape index (κ3) is 5.19. The van der Waals surface area contributed by atoms with E-state index >= 15 is 0 Å². The molecule has 0 aliphatic heterocycles. The van der Waals surface area contributed by atoms with Crippen LogP contribution in [0.15, 0.2) is 48.5 Å². The first kappa shape index (κ1) is 20.7. The van der Waals surface area contributed by atoms with Crippen LogP contribution in [-0.2, 0) is 14.9 Å². The molecule has 0 saturated heterocycles. The average molecular weight is 368 g/mol. The smallest absolute Gasteiger partial charge is 0.338 e. The summed E-state index contributed by atoms with van der Waals surface area (Å²) < 4.78 is 10.5. The zero-order chi connectivity index (χ0) is 20.2. The second-order valence-corrected chi connectivity index (χ2v) is 7.69. The lowest BCUT2D eigenvalue weighted by atomic mass is 9.78. The third-order valence-electron chi connectivity index (χ3n) is 4.37. The molecule has 0 aliphatic carbocycles. The molecule has 0 amide bonds. The lowest BCUT2D eigenvalue weighted by Gasteiger charge is -2.26. The second-order valence-electron chi connectivity index (χ2n) is 7.69. The van der Waals surface area contributed by atoms with Gasteiger partial charge >= 0.3 is 11.9 Å². The maximum absolute atomic E-state index is 12.0. The van der Waals surface area contributed by atoms with Crippen LogP contribution in [0.25, 0.3) is 0 Å². The molecule has 4 nitrogen and oxygen atoms in total. The first-order valence-corrected chi connectivity index (χ1v) is 9.24. The van der Waals surface area contributed by atoms with Crippen molar-refractivity contribution in [3.8, 4) is 0 Å². The van der Waals surface area contributed by atoms with E-state index in [2.05, 4.69) is 13.8 Å². The van der Waals surface area contributed by atoms with Gasteiger partial charge < -0.3 is 9.47 Å². The van der Waals surface area contributed by atoms with Crippen LogP contribution in [0, 0.1) is 0 Å². The molecule has 144 valence electrons. The Morgan fingerprint density at radius 2 is 0.963 bits per heavy atom. The Bertz CT molecular complexity index is 717. The van der Waals surface area contributed by atoms with E-state index in [-0.39, 0.29) is 29.6 Å². The number of hydrogen-bond donors (Lipinski definition) is 0. The van der Waals surface area contributed by atoms with E-state index in [0.29, 0.717) is 11.1 Å². The molecule has 2 aromatic carbocycles. The number of carbonyl (C=O) groups is 2. The van der Waals surface area contributed by atoms with Crippen LogP contribution in [0.5, 0.6) is 0 Å². The summed E-state index contributed by atoms with van der Waals surface area (Å²) in [5, 5.41) is 0. The molecule has 2 rings (SSSR count). The number of ether oxygens (including phenoxy) is 2. The molecule has 0 atom stereocenters. The van der Waals surface area contributed by atoms with Crippen molar-refractivity contribution in [3.63, 3.8) is 0 Å². The maximum Gasteiger partial charge on any atom is 0.338 e. The van der Waals surface area contributed by atoms with Crippen molar-refractivity contribution in [2.24, 2.45) is 0 Å². The van der Waals surface area contributed by atoms with Crippen molar-refractivity contribution in [2.45, 2.75) is 59.2 Å². The molecule has 0 aromatic heterocycles. The molecule has 0 unspecified atom stereocenters. The monoisotopic (exact) mass is 368 g/mol. The van der Waals surface area contributed by atoms with Crippen LogP contribution in [-0.4, -0.2) is 24.1 Å². The first-order chi connectivity index (χ1) is 12.6.